The van der Waals surface area contributed by atoms with Crippen LogP contribution in [-0.4, -0.2) is 23.6 Å². The maximum absolute atomic E-state index is 12.4. The summed E-state index contributed by atoms with van der Waals surface area (Å²) in [5.74, 6) is -0.176. The fraction of sp³-hybridized carbons (Fsp3) is 0.0714. The maximum atomic E-state index is 12.4. The number of sulfonamides is 1. The van der Waals surface area contributed by atoms with Gasteiger partial charge in [0.05, 0.1) is 21.8 Å². The normalized spacial score (nSPS) is 12.0. The molecule has 0 atom stereocenters. The van der Waals surface area contributed by atoms with Crippen LogP contribution in [-0.2, 0) is 16.6 Å². The Hall–Kier alpha value is -2.76. The number of nitrogens with one attached hydrogen (secondary N) is 2. The van der Waals surface area contributed by atoms with Crippen LogP contribution in [0.2, 0.25) is 0 Å². The highest BCUT2D eigenvalue weighted by atomic mass is 32.2. The Morgan fingerprint density at radius 1 is 1.20 bits per heavy atom. The van der Waals surface area contributed by atoms with Crippen LogP contribution in [0.4, 0.5) is 0 Å². The van der Waals surface area contributed by atoms with Crippen LogP contribution in [0.3, 0.4) is 0 Å². The van der Waals surface area contributed by atoms with Gasteiger partial charge < -0.3 is 8.83 Å². The van der Waals surface area contributed by atoms with Gasteiger partial charge in [-0.1, -0.05) is 6.07 Å². The molecular weight excluding hydrogens is 368 g/mol. The number of nitrogens with zero attached hydrogens (tertiary/aromatic N) is 2. The molecule has 0 aliphatic rings. The topological polar surface area (TPSA) is 131 Å². The van der Waals surface area contributed by atoms with Crippen LogP contribution in [0, 0.1) is 0 Å². The smallest absolute Gasteiger partial charge is 0.417 e. The Kier molecular flexibility index (Phi) is 3.75. The molecule has 0 saturated heterocycles. The van der Waals surface area contributed by atoms with E-state index in [0.29, 0.717) is 11.4 Å². The molecule has 9 nitrogen and oxygen atoms in total. The lowest BCUT2D eigenvalue weighted by molar-refractivity contribution is 0.495. The second-order valence-corrected chi connectivity index (χ2v) is 7.69. The van der Waals surface area contributed by atoms with Gasteiger partial charge in [0.25, 0.3) is 5.89 Å². The fourth-order valence-electron chi connectivity index (χ4n) is 2.16. The summed E-state index contributed by atoms with van der Waals surface area (Å²) < 4.78 is 37.4. The van der Waals surface area contributed by atoms with Crippen LogP contribution < -0.4 is 10.5 Å². The van der Waals surface area contributed by atoms with Crippen molar-refractivity contribution in [2.75, 3.05) is 0 Å². The zero-order chi connectivity index (χ0) is 17.4. The standard InChI is InChI=1S/C14H10N4O5S2/c19-14-16-9-4-3-8(6-10(9)22-14)25(20,21)15-7-12-17-18-13(23-12)11-2-1-5-24-11/h1-6,15H,7H2,(H,16,19). The minimum absolute atomic E-state index is 0.0410. The average Bonchev–Trinajstić information content (AvgIpc) is 3.31. The monoisotopic (exact) mass is 378 g/mol. The molecule has 0 bridgehead atoms. The number of fused-ring (bicyclic) bond motifs is 1. The van der Waals surface area contributed by atoms with Crippen LogP contribution in [0.5, 0.6) is 0 Å². The molecule has 11 heteroatoms. The molecule has 0 aliphatic heterocycles. The van der Waals surface area contributed by atoms with Crippen LogP contribution in [0.1, 0.15) is 5.89 Å². The zero-order valence-corrected chi connectivity index (χ0v) is 14.1. The maximum Gasteiger partial charge on any atom is 0.417 e. The zero-order valence-electron chi connectivity index (χ0n) is 12.4. The van der Waals surface area contributed by atoms with Crippen molar-refractivity contribution in [2.24, 2.45) is 0 Å². The fourth-order valence-corrected chi connectivity index (χ4v) is 3.79. The highest BCUT2D eigenvalue weighted by Gasteiger charge is 2.18. The molecule has 3 heterocycles. The first-order valence-corrected chi connectivity index (χ1v) is 9.36. The molecule has 2 N–H and O–H groups in total. The minimum atomic E-state index is -3.84. The third-order valence-electron chi connectivity index (χ3n) is 3.31. The molecule has 1 aromatic carbocycles. The molecule has 4 rings (SSSR count). The number of aromatic amines is 1. The highest BCUT2D eigenvalue weighted by Crippen LogP contribution is 2.23. The van der Waals surface area contributed by atoms with Gasteiger partial charge in [0.2, 0.25) is 15.9 Å². The predicted octanol–water partition coefficient (Wildman–Crippen LogP) is 1.71. The number of oxazole rings is 1. The molecule has 0 amide bonds. The van der Waals surface area contributed by atoms with Crippen LogP contribution in [0.25, 0.3) is 21.9 Å². The van der Waals surface area contributed by atoms with E-state index >= 15 is 0 Å². The largest absolute Gasteiger partial charge is 0.418 e. The first-order chi connectivity index (χ1) is 12.0. The van der Waals surface area contributed by atoms with Gasteiger partial charge >= 0.3 is 5.76 Å². The summed E-state index contributed by atoms with van der Waals surface area (Å²) in [6, 6.07) is 7.76. The number of hydrogen-bond donors (Lipinski definition) is 2. The summed E-state index contributed by atoms with van der Waals surface area (Å²) in [7, 11) is -3.84. The first kappa shape index (κ1) is 15.7. The molecule has 0 radical (unpaired) electrons. The van der Waals surface area contributed by atoms with Gasteiger partial charge in [-0.05, 0) is 23.6 Å². The van der Waals surface area contributed by atoms with Crippen LogP contribution >= 0.6 is 11.3 Å². The summed E-state index contributed by atoms with van der Waals surface area (Å²) in [5.41, 5.74) is 0.576. The molecule has 0 aliphatic carbocycles. The lowest BCUT2D eigenvalue weighted by Crippen LogP contribution is -2.23. The van der Waals surface area contributed by atoms with Crippen molar-refractivity contribution in [2.45, 2.75) is 11.4 Å². The molecule has 0 fully saturated rings. The van der Waals surface area contributed by atoms with Crippen molar-refractivity contribution in [1.29, 1.82) is 0 Å². The van der Waals surface area contributed by atoms with E-state index in [1.54, 1.807) is 0 Å². The van der Waals surface area contributed by atoms with Gasteiger partial charge in [-0.25, -0.2) is 17.9 Å². The second-order valence-electron chi connectivity index (χ2n) is 4.98. The summed E-state index contributed by atoms with van der Waals surface area (Å²) in [5, 5.41) is 9.57. The highest BCUT2D eigenvalue weighted by molar-refractivity contribution is 7.89. The van der Waals surface area contributed by atoms with Crippen LogP contribution in [0.15, 0.2) is 54.2 Å². The summed E-state index contributed by atoms with van der Waals surface area (Å²) in [4.78, 5) is 14.3. The Bertz CT molecular complexity index is 1190. The first-order valence-electron chi connectivity index (χ1n) is 7.00. The molecule has 3 aromatic heterocycles. The second kappa shape index (κ2) is 5.95. The van der Waals surface area contributed by atoms with E-state index in [9.17, 15) is 13.2 Å². The quantitative estimate of drug-likeness (QED) is 0.540. The van der Waals surface area contributed by atoms with E-state index in [1.165, 1.54) is 29.5 Å². The number of thiophene rings is 1. The number of H-pyrrole nitrogens is 1. The molecule has 128 valence electrons. The van der Waals surface area contributed by atoms with Gasteiger partial charge in [0.15, 0.2) is 5.58 Å². The van der Waals surface area contributed by atoms with E-state index in [2.05, 4.69) is 19.9 Å². The number of rotatable bonds is 5. The SMILES string of the molecule is O=c1[nH]c2ccc(S(=O)(=O)NCc3nnc(-c4cccs4)o3)cc2o1. The van der Waals surface area contributed by atoms with E-state index in [0.717, 1.165) is 4.88 Å². The van der Waals surface area contributed by atoms with E-state index < -0.39 is 15.8 Å². The van der Waals surface area contributed by atoms with Crippen molar-refractivity contribution in [1.82, 2.24) is 19.9 Å². The number of aromatic nitrogens is 3. The Balaban J connectivity index is 1.53. The number of hydrogen-bond acceptors (Lipinski definition) is 8. The van der Waals surface area contributed by atoms with Gasteiger partial charge in [0, 0.05) is 6.07 Å². The Morgan fingerprint density at radius 3 is 2.88 bits per heavy atom. The number of benzene rings is 1. The lowest BCUT2D eigenvalue weighted by Gasteiger charge is -2.04. The van der Waals surface area contributed by atoms with E-state index in [-0.39, 0.29) is 22.9 Å². The van der Waals surface area contributed by atoms with E-state index in [4.69, 9.17) is 8.83 Å². The van der Waals surface area contributed by atoms with Crippen molar-refractivity contribution in [3.05, 3.63) is 52.2 Å². The summed E-state index contributed by atoms with van der Waals surface area (Å²) in [6.07, 6.45) is 0. The Labute approximate surface area is 144 Å². The third-order valence-corrected chi connectivity index (χ3v) is 5.57. The van der Waals surface area contributed by atoms with Gasteiger partial charge in [-0.15, -0.1) is 21.5 Å². The summed E-state index contributed by atoms with van der Waals surface area (Å²) >= 11 is 1.44. The molecule has 0 spiro atoms. The molecule has 4 aromatic rings. The van der Waals surface area contributed by atoms with E-state index in [1.807, 2.05) is 17.5 Å². The van der Waals surface area contributed by atoms with Gasteiger partial charge in [-0.2, -0.15) is 0 Å². The van der Waals surface area contributed by atoms with Crippen molar-refractivity contribution in [3.63, 3.8) is 0 Å². The third kappa shape index (κ3) is 3.12. The van der Waals surface area contributed by atoms with Crippen molar-refractivity contribution < 1.29 is 17.3 Å². The molecule has 0 saturated carbocycles. The Morgan fingerprint density at radius 2 is 2.08 bits per heavy atom. The molecule has 25 heavy (non-hydrogen) atoms. The van der Waals surface area contributed by atoms with Gasteiger partial charge in [0.1, 0.15) is 0 Å². The van der Waals surface area contributed by atoms with Crippen molar-refractivity contribution in [3.8, 4) is 10.8 Å². The predicted molar refractivity (Wildman–Crippen MR) is 88.5 cm³/mol. The molecular formula is C14H10N4O5S2. The average molecular weight is 378 g/mol. The molecule has 0 unspecified atom stereocenters. The minimum Gasteiger partial charge on any atom is -0.418 e. The summed E-state index contributed by atoms with van der Waals surface area (Å²) in [6.45, 7) is -0.157. The lowest BCUT2D eigenvalue weighted by atomic mass is 10.3. The van der Waals surface area contributed by atoms with Gasteiger partial charge in [-0.3, -0.25) is 4.98 Å². The van der Waals surface area contributed by atoms with Crippen molar-refractivity contribution >= 4 is 32.5 Å².